The van der Waals surface area contributed by atoms with Crippen LogP contribution in [0, 0.1) is 0 Å². The Morgan fingerprint density at radius 1 is 0.688 bits per heavy atom. The Balaban J connectivity index is 1.41. The van der Waals surface area contributed by atoms with E-state index in [4.69, 9.17) is 38.0 Å². The number of anilines is 1. The lowest BCUT2D eigenvalue weighted by atomic mass is 9.75. The molecule has 0 bridgehead atoms. The fourth-order valence-corrected chi connectivity index (χ4v) is 10.8. The number of imide groups is 1. The van der Waals surface area contributed by atoms with Crippen molar-refractivity contribution >= 4 is 65.2 Å². The van der Waals surface area contributed by atoms with Crippen LogP contribution in [-0.4, -0.2) is 184 Å². The first kappa shape index (κ1) is 63.0. The second kappa shape index (κ2) is 28.9. The third-order valence-corrected chi connectivity index (χ3v) is 15.8. The molecule has 3 N–H and O–H groups in total. The van der Waals surface area contributed by atoms with Crippen LogP contribution in [0.15, 0.2) is 81.8 Å². The van der Waals surface area contributed by atoms with Crippen molar-refractivity contribution in [2.24, 2.45) is 0 Å². The van der Waals surface area contributed by atoms with Gasteiger partial charge in [0.2, 0.25) is 5.69 Å². The summed E-state index contributed by atoms with van der Waals surface area (Å²) < 4.78 is 144. The number of nitrogens with zero attached hydrogens (tertiary/aromatic N) is 3. The minimum atomic E-state index is -4.67. The molecule has 2 unspecified atom stereocenters. The Morgan fingerprint density at radius 2 is 1.22 bits per heavy atom. The smallest absolute Gasteiger partial charge is 0.333 e. The van der Waals surface area contributed by atoms with Gasteiger partial charge in [0.25, 0.3) is 42.2 Å². The number of hydrogen-bond acceptors (Lipinski definition) is 18. The van der Waals surface area contributed by atoms with Gasteiger partial charge in [-0.1, -0.05) is 17.7 Å². The molecule has 0 saturated carbocycles. The Morgan fingerprint density at radius 3 is 1.77 bits per heavy atom. The van der Waals surface area contributed by atoms with Gasteiger partial charge in [0.15, 0.2) is 12.3 Å². The quantitative estimate of drug-likeness (QED) is 0.0281. The van der Waals surface area contributed by atoms with Gasteiger partial charge in [-0.05, 0) is 88.4 Å². The van der Waals surface area contributed by atoms with Crippen LogP contribution in [0.4, 0.5) is 11.4 Å². The Hall–Kier alpha value is -4.81. The van der Waals surface area contributed by atoms with Crippen molar-refractivity contribution in [2.75, 3.05) is 117 Å². The maximum Gasteiger partial charge on any atom is 0.333 e. The molecule has 3 aliphatic heterocycles. The summed E-state index contributed by atoms with van der Waals surface area (Å²) >= 11 is 0. The average Bonchev–Trinajstić information content (AvgIpc) is 4.02. The highest BCUT2D eigenvalue weighted by Crippen LogP contribution is 2.51. The second-order valence-electron chi connectivity index (χ2n) is 18.8. The van der Waals surface area contributed by atoms with Gasteiger partial charge in [-0.3, -0.25) is 23.2 Å². The van der Waals surface area contributed by atoms with Crippen LogP contribution in [-0.2, 0) is 93.6 Å². The summed E-state index contributed by atoms with van der Waals surface area (Å²) in [5, 5.41) is 0.480. The molecule has 0 spiro atoms. The summed E-state index contributed by atoms with van der Waals surface area (Å²) in [6.45, 7) is 10.3. The lowest BCUT2D eigenvalue weighted by molar-refractivity contribution is -0.442. The van der Waals surface area contributed by atoms with Crippen molar-refractivity contribution in [1.29, 1.82) is 0 Å². The number of amides is 2. The summed E-state index contributed by atoms with van der Waals surface area (Å²) in [5.41, 5.74) is 2.19. The van der Waals surface area contributed by atoms with E-state index in [0.717, 1.165) is 0 Å². The first-order valence-electron chi connectivity index (χ1n) is 25.1. The summed E-state index contributed by atoms with van der Waals surface area (Å²) in [6.07, 6.45) is 7.62. The molecule has 5 rings (SSSR count). The molecule has 428 valence electrons. The van der Waals surface area contributed by atoms with Crippen molar-refractivity contribution in [1.82, 2.24) is 5.06 Å². The zero-order chi connectivity index (χ0) is 56.4. The van der Waals surface area contributed by atoms with Gasteiger partial charge in [0.1, 0.15) is 6.61 Å². The molecule has 0 aromatic heterocycles. The van der Waals surface area contributed by atoms with Crippen LogP contribution in [0.3, 0.4) is 0 Å². The topological polar surface area (TPSA) is 298 Å². The fourth-order valence-electron chi connectivity index (χ4n) is 9.25. The van der Waals surface area contributed by atoms with Gasteiger partial charge in [0.05, 0.1) is 87.0 Å². The number of hydrogen-bond donors (Lipinski definition) is 3. The highest BCUT2D eigenvalue weighted by Gasteiger charge is 2.48. The van der Waals surface area contributed by atoms with Crippen molar-refractivity contribution < 1.29 is 95.9 Å². The molecule has 0 aliphatic carbocycles. The molecule has 26 heteroatoms. The summed E-state index contributed by atoms with van der Waals surface area (Å²) in [4.78, 5) is 43.4. The average molecular weight is 1140 g/mol. The normalized spacial score (nSPS) is 19.6. The molecule has 2 atom stereocenters. The molecule has 2 aromatic rings. The van der Waals surface area contributed by atoms with E-state index in [9.17, 15) is 53.3 Å². The Labute approximate surface area is 450 Å². The van der Waals surface area contributed by atoms with E-state index in [1.165, 1.54) is 31.4 Å². The molecule has 1 fully saturated rings. The molecule has 23 nitrogen and oxygen atoms in total. The second-order valence-corrected chi connectivity index (χ2v) is 23.2. The molecule has 1 saturated heterocycles. The Bertz CT molecular complexity index is 2850. The van der Waals surface area contributed by atoms with E-state index in [-0.39, 0.29) is 87.8 Å². The van der Waals surface area contributed by atoms with Crippen molar-refractivity contribution in [2.45, 2.75) is 86.3 Å². The first-order chi connectivity index (χ1) is 36.4. The van der Waals surface area contributed by atoms with Gasteiger partial charge in [-0.25, -0.2) is 4.79 Å². The number of rotatable bonds is 35. The summed E-state index contributed by atoms with van der Waals surface area (Å²) in [7, 11) is -10.5. The van der Waals surface area contributed by atoms with Crippen LogP contribution >= 0.6 is 0 Å². The fraction of sp³-hybridized carbons (Fsp3) is 0.569. The van der Waals surface area contributed by atoms with Crippen LogP contribution < -0.4 is 4.90 Å². The predicted molar refractivity (Wildman–Crippen MR) is 280 cm³/mol. The minimum Gasteiger partial charge on any atom is -0.385 e. The van der Waals surface area contributed by atoms with E-state index in [1.54, 1.807) is 19.2 Å². The van der Waals surface area contributed by atoms with Crippen LogP contribution in [0.25, 0.3) is 0 Å². The lowest BCUT2D eigenvalue weighted by Crippen LogP contribution is -2.33. The highest BCUT2D eigenvalue weighted by molar-refractivity contribution is 7.86. The van der Waals surface area contributed by atoms with E-state index in [1.807, 2.05) is 54.6 Å². The SMILES string of the molecule is COCCOCCOCCOCCOCCOCC[N+]1=C(C=CC(C)=CC=C2N(CCCC(=O)ON3C(=O)CCC3=O)c3ccc(S(=O)(=O)O)cc3C2(C)CCOC)C(C)(CCCS(=O)(=O)O)c2cc(S(=O)(=O)O)ccc21. The largest absolute Gasteiger partial charge is 0.385 e. The van der Waals surface area contributed by atoms with Crippen molar-refractivity contribution in [3.8, 4) is 0 Å². The number of carbonyl (C=O) groups is 3. The molecule has 2 aromatic carbocycles. The zero-order valence-corrected chi connectivity index (χ0v) is 46.6. The van der Waals surface area contributed by atoms with Gasteiger partial charge in [0, 0.05) is 81.1 Å². The van der Waals surface area contributed by atoms with E-state index in [2.05, 4.69) is 0 Å². The minimum absolute atomic E-state index is 0.0200. The van der Waals surface area contributed by atoms with Crippen molar-refractivity contribution in [3.63, 3.8) is 0 Å². The molecule has 2 amide bonds. The molecule has 77 heavy (non-hydrogen) atoms. The van der Waals surface area contributed by atoms with Crippen LogP contribution in [0.5, 0.6) is 0 Å². The number of allylic oxidation sites excluding steroid dienone is 6. The van der Waals surface area contributed by atoms with Gasteiger partial charge in [-0.15, -0.1) is 5.06 Å². The number of hydroxylamine groups is 2. The van der Waals surface area contributed by atoms with Crippen LogP contribution in [0.1, 0.15) is 76.8 Å². The summed E-state index contributed by atoms with van der Waals surface area (Å²) in [6, 6.07) is 8.43. The monoisotopic (exact) mass is 1140 g/mol. The number of carbonyl (C=O) groups excluding carboxylic acids is 3. The van der Waals surface area contributed by atoms with Gasteiger partial charge in [-0.2, -0.15) is 29.8 Å². The van der Waals surface area contributed by atoms with Gasteiger partial charge < -0.3 is 42.9 Å². The first-order valence-corrected chi connectivity index (χ1v) is 29.6. The lowest BCUT2D eigenvalue weighted by Gasteiger charge is -2.30. The Kier molecular flexibility index (Phi) is 23.6. The third-order valence-electron chi connectivity index (χ3n) is 13.2. The molecule has 0 radical (unpaired) electrons. The van der Waals surface area contributed by atoms with E-state index in [0.29, 0.717) is 104 Å². The third kappa shape index (κ3) is 17.8. The zero-order valence-electron chi connectivity index (χ0n) is 44.2. The molecule has 3 heterocycles. The number of benzene rings is 2. The van der Waals surface area contributed by atoms with E-state index < -0.39 is 64.7 Å². The van der Waals surface area contributed by atoms with Crippen LogP contribution in [0.2, 0.25) is 0 Å². The molecular weight excluding hydrogens is 1070 g/mol. The maximum absolute atomic E-state index is 12.9. The standard InChI is InChI=1S/C51H71N3O20S3/c1-38(10-16-46-51(3,20-23-67-4)42-37-40(77(64,65)66)11-13-43(42)52(46)21-6-8-49(57)74-54-47(55)17-18-48(54)56)9-15-45-50(2,19-7-35-75(58,59)60)41-36-39(76(61,62)63)12-14-44(41)53(45)22-24-69-27-28-71-31-32-73-34-33-72-30-29-70-26-25-68-5/h9-16,36-37H,6-8,17-35H2,1-5H3,(H2-,58,59,60,61,62,63,64,65,66)/p+1. The summed E-state index contributed by atoms with van der Waals surface area (Å²) in [5.74, 6) is -2.59. The van der Waals surface area contributed by atoms with Crippen molar-refractivity contribution in [3.05, 3.63) is 83.1 Å². The van der Waals surface area contributed by atoms with Gasteiger partial charge >= 0.3 is 5.97 Å². The maximum atomic E-state index is 12.9. The highest BCUT2D eigenvalue weighted by atomic mass is 32.2. The molecular formula is C51H72N3O20S3+. The number of methoxy groups -OCH3 is 2. The predicted octanol–water partition coefficient (Wildman–Crippen LogP) is 4.52. The number of fused-ring (bicyclic) bond motifs is 2. The number of ether oxygens (including phenoxy) is 7. The molecule has 3 aliphatic rings. The van der Waals surface area contributed by atoms with E-state index >= 15 is 0 Å².